The van der Waals surface area contributed by atoms with E-state index >= 15 is 0 Å². The molecule has 2 amide bonds. The first-order valence-electron chi connectivity index (χ1n) is 7.61. The SMILES string of the molecule is COc1cccc(NC(=O)N2CCSC(c3cccs3)CC2)c1. The summed E-state index contributed by atoms with van der Waals surface area (Å²) in [6.07, 6.45) is 0.997. The number of anilines is 1. The Hall–Kier alpha value is -1.66. The Morgan fingerprint density at radius 3 is 3.00 bits per heavy atom. The number of benzene rings is 1. The van der Waals surface area contributed by atoms with E-state index in [0.29, 0.717) is 5.25 Å². The van der Waals surface area contributed by atoms with Crippen molar-refractivity contribution in [3.63, 3.8) is 0 Å². The molecule has 1 N–H and O–H groups in total. The zero-order valence-corrected chi connectivity index (χ0v) is 14.7. The zero-order chi connectivity index (χ0) is 16.1. The van der Waals surface area contributed by atoms with Crippen molar-refractivity contribution in [3.8, 4) is 5.75 Å². The Balaban J connectivity index is 1.59. The van der Waals surface area contributed by atoms with Gasteiger partial charge in [-0.1, -0.05) is 12.1 Å². The molecular formula is C17H20N2O2S2. The van der Waals surface area contributed by atoms with Gasteiger partial charge in [0.05, 0.1) is 7.11 Å². The fourth-order valence-corrected chi connectivity index (χ4v) is 4.82. The van der Waals surface area contributed by atoms with Gasteiger partial charge < -0.3 is 15.0 Å². The van der Waals surface area contributed by atoms with Gasteiger partial charge in [0.2, 0.25) is 0 Å². The molecule has 0 bridgehead atoms. The van der Waals surface area contributed by atoms with Crippen LogP contribution in [0.2, 0.25) is 0 Å². The van der Waals surface area contributed by atoms with Gasteiger partial charge in [-0.25, -0.2) is 4.79 Å². The van der Waals surface area contributed by atoms with Gasteiger partial charge >= 0.3 is 6.03 Å². The van der Waals surface area contributed by atoms with Crippen molar-refractivity contribution in [2.45, 2.75) is 11.7 Å². The Kier molecular flexibility index (Phi) is 5.46. The molecule has 23 heavy (non-hydrogen) atoms. The number of hydrogen-bond acceptors (Lipinski definition) is 4. The van der Waals surface area contributed by atoms with Gasteiger partial charge in [0.25, 0.3) is 0 Å². The molecule has 3 rings (SSSR count). The number of rotatable bonds is 3. The van der Waals surface area contributed by atoms with Crippen LogP contribution in [-0.4, -0.2) is 36.9 Å². The van der Waals surface area contributed by atoms with E-state index in [2.05, 4.69) is 22.8 Å². The number of methoxy groups -OCH3 is 1. The number of hydrogen-bond donors (Lipinski definition) is 1. The van der Waals surface area contributed by atoms with Crippen molar-refractivity contribution >= 4 is 34.8 Å². The summed E-state index contributed by atoms with van der Waals surface area (Å²) < 4.78 is 5.19. The second kappa shape index (κ2) is 7.75. The maximum atomic E-state index is 12.5. The molecule has 1 unspecified atom stereocenters. The number of thioether (sulfide) groups is 1. The lowest BCUT2D eigenvalue weighted by Crippen LogP contribution is -2.36. The summed E-state index contributed by atoms with van der Waals surface area (Å²) in [5.74, 6) is 1.71. The standard InChI is InChI=1S/C17H20N2O2S2/c1-21-14-5-2-4-13(12-14)18-17(20)19-8-7-16(23-11-9-19)15-6-3-10-22-15/h2-6,10,12,16H,7-9,11H2,1H3,(H,18,20). The quantitative estimate of drug-likeness (QED) is 0.890. The molecule has 0 radical (unpaired) electrons. The van der Waals surface area contributed by atoms with Gasteiger partial charge in [0.15, 0.2) is 0 Å². The molecule has 1 atom stereocenters. The Morgan fingerprint density at radius 1 is 1.30 bits per heavy atom. The summed E-state index contributed by atoms with van der Waals surface area (Å²) in [5, 5.41) is 5.59. The van der Waals surface area contributed by atoms with Crippen LogP contribution in [-0.2, 0) is 0 Å². The van der Waals surface area contributed by atoms with E-state index in [1.165, 1.54) is 4.88 Å². The van der Waals surface area contributed by atoms with Crippen LogP contribution in [0.5, 0.6) is 5.75 Å². The van der Waals surface area contributed by atoms with E-state index in [1.54, 1.807) is 18.4 Å². The maximum absolute atomic E-state index is 12.5. The number of nitrogens with zero attached hydrogens (tertiary/aromatic N) is 1. The first-order chi connectivity index (χ1) is 11.3. The Morgan fingerprint density at radius 2 is 2.22 bits per heavy atom. The molecule has 0 saturated carbocycles. The van der Waals surface area contributed by atoms with Crippen LogP contribution in [0.15, 0.2) is 41.8 Å². The van der Waals surface area contributed by atoms with E-state index in [-0.39, 0.29) is 6.03 Å². The lowest BCUT2D eigenvalue weighted by molar-refractivity contribution is 0.215. The van der Waals surface area contributed by atoms with Crippen molar-refractivity contribution < 1.29 is 9.53 Å². The van der Waals surface area contributed by atoms with Crippen molar-refractivity contribution in [2.75, 3.05) is 31.3 Å². The van der Waals surface area contributed by atoms with E-state index in [4.69, 9.17) is 4.74 Å². The van der Waals surface area contributed by atoms with Gasteiger partial charge in [-0.3, -0.25) is 0 Å². The second-order valence-electron chi connectivity index (χ2n) is 5.31. The molecule has 4 nitrogen and oxygen atoms in total. The topological polar surface area (TPSA) is 41.6 Å². The largest absolute Gasteiger partial charge is 0.497 e. The van der Waals surface area contributed by atoms with Gasteiger partial charge in [-0.05, 0) is 30.0 Å². The molecule has 1 aliphatic rings. The van der Waals surface area contributed by atoms with Crippen molar-refractivity contribution in [1.29, 1.82) is 0 Å². The molecule has 1 aromatic heterocycles. The molecule has 2 heterocycles. The van der Waals surface area contributed by atoms with E-state index in [1.807, 2.05) is 40.9 Å². The first-order valence-corrected chi connectivity index (χ1v) is 9.54. The second-order valence-corrected chi connectivity index (χ2v) is 7.60. The highest BCUT2D eigenvalue weighted by atomic mass is 32.2. The number of carbonyl (C=O) groups is 1. The third kappa shape index (κ3) is 4.20. The molecule has 1 saturated heterocycles. The summed E-state index contributed by atoms with van der Waals surface area (Å²) in [6.45, 7) is 1.56. The van der Waals surface area contributed by atoms with Crippen LogP contribution < -0.4 is 10.1 Å². The molecule has 2 aromatic rings. The Bertz CT molecular complexity index is 646. The van der Waals surface area contributed by atoms with Crippen LogP contribution in [0, 0.1) is 0 Å². The number of carbonyl (C=O) groups excluding carboxylic acids is 1. The van der Waals surface area contributed by atoms with Gasteiger partial charge in [0.1, 0.15) is 5.75 Å². The summed E-state index contributed by atoms with van der Waals surface area (Å²) in [6, 6.07) is 11.7. The fourth-order valence-electron chi connectivity index (χ4n) is 2.58. The summed E-state index contributed by atoms with van der Waals surface area (Å²) in [4.78, 5) is 15.8. The number of urea groups is 1. The molecule has 1 aliphatic heterocycles. The highest BCUT2D eigenvalue weighted by Crippen LogP contribution is 2.36. The number of nitrogens with one attached hydrogen (secondary N) is 1. The molecule has 0 aliphatic carbocycles. The minimum atomic E-state index is -0.0364. The predicted octanol–water partition coefficient (Wildman–Crippen LogP) is 4.47. The van der Waals surface area contributed by atoms with Gasteiger partial charge in [-0.15, -0.1) is 11.3 Å². The average Bonchev–Trinajstić information content (AvgIpc) is 2.99. The highest BCUT2D eigenvalue weighted by molar-refractivity contribution is 7.99. The summed E-state index contributed by atoms with van der Waals surface area (Å²) in [7, 11) is 1.62. The predicted molar refractivity (Wildman–Crippen MR) is 97.7 cm³/mol. The molecule has 1 fully saturated rings. The number of thiophene rings is 1. The monoisotopic (exact) mass is 348 g/mol. The first kappa shape index (κ1) is 16.2. The third-order valence-electron chi connectivity index (χ3n) is 3.81. The minimum Gasteiger partial charge on any atom is -0.497 e. The molecule has 6 heteroatoms. The van der Waals surface area contributed by atoms with Gasteiger partial charge in [0, 0.05) is 40.7 Å². The lowest BCUT2D eigenvalue weighted by Gasteiger charge is -2.21. The molecular weight excluding hydrogens is 328 g/mol. The van der Waals surface area contributed by atoms with Crippen LogP contribution >= 0.6 is 23.1 Å². The minimum absolute atomic E-state index is 0.0364. The highest BCUT2D eigenvalue weighted by Gasteiger charge is 2.22. The van der Waals surface area contributed by atoms with Gasteiger partial charge in [-0.2, -0.15) is 11.8 Å². The van der Waals surface area contributed by atoms with E-state index < -0.39 is 0 Å². The summed E-state index contributed by atoms with van der Waals surface area (Å²) in [5.41, 5.74) is 0.765. The smallest absolute Gasteiger partial charge is 0.321 e. The zero-order valence-electron chi connectivity index (χ0n) is 13.0. The van der Waals surface area contributed by atoms with Crippen LogP contribution in [0.25, 0.3) is 0 Å². The van der Waals surface area contributed by atoms with E-state index in [0.717, 1.165) is 36.7 Å². The molecule has 0 spiro atoms. The van der Waals surface area contributed by atoms with Crippen molar-refractivity contribution in [1.82, 2.24) is 4.90 Å². The van der Waals surface area contributed by atoms with Crippen LogP contribution in [0.4, 0.5) is 10.5 Å². The molecule has 1 aromatic carbocycles. The van der Waals surface area contributed by atoms with Crippen LogP contribution in [0.1, 0.15) is 16.5 Å². The summed E-state index contributed by atoms with van der Waals surface area (Å²) >= 11 is 3.75. The fraction of sp³-hybridized carbons (Fsp3) is 0.353. The number of amides is 2. The lowest BCUT2D eigenvalue weighted by atomic mass is 10.2. The Labute approximate surface area is 144 Å². The molecule has 122 valence electrons. The maximum Gasteiger partial charge on any atom is 0.321 e. The normalized spacial score (nSPS) is 18.3. The van der Waals surface area contributed by atoms with Crippen molar-refractivity contribution in [3.05, 3.63) is 46.7 Å². The average molecular weight is 348 g/mol. The third-order valence-corrected chi connectivity index (χ3v) is 6.26. The van der Waals surface area contributed by atoms with Crippen molar-refractivity contribution in [2.24, 2.45) is 0 Å². The van der Waals surface area contributed by atoms with E-state index in [9.17, 15) is 4.79 Å². The number of ether oxygens (including phenoxy) is 1. The van der Waals surface area contributed by atoms with Crippen LogP contribution in [0.3, 0.4) is 0 Å².